The van der Waals surface area contributed by atoms with Crippen LogP contribution in [0, 0.1) is 11.8 Å². The predicted molar refractivity (Wildman–Crippen MR) is 84.7 cm³/mol. The average molecular weight is 294 g/mol. The largest absolute Gasteiger partial charge is 0.481 e. The van der Waals surface area contributed by atoms with Crippen molar-refractivity contribution in [3.05, 3.63) is 12.3 Å². The van der Waals surface area contributed by atoms with E-state index in [0.29, 0.717) is 17.8 Å². The van der Waals surface area contributed by atoms with Gasteiger partial charge in [-0.2, -0.15) is 4.98 Å². The quantitative estimate of drug-likeness (QED) is 0.728. The fraction of sp³-hybridized carbons (Fsp3) is 0.667. The van der Waals surface area contributed by atoms with Gasteiger partial charge in [0.05, 0.1) is 0 Å². The summed E-state index contributed by atoms with van der Waals surface area (Å²) in [5.74, 6) is 1.64. The number of carboxylic acids is 1. The van der Waals surface area contributed by atoms with E-state index in [1.165, 1.54) is 0 Å². The fourth-order valence-electron chi connectivity index (χ4n) is 2.17. The molecule has 0 amide bonds. The Balaban J connectivity index is 2.46. The molecule has 6 nitrogen and oxygen atoms in total. The van der Waals surface area contributed by atoms with Crippen molar-refractivity contribution >= 4 is 17.7 Å². The summed E-state index contributed by atoms with van der Waals surface area (Å²) in [4.78, 5) is 21.1. The topological polar surface area (TPSA) is 78.4 Å². The average Bonchev–Trinajstić information content (AvgIpc) is 2.42. The SMILES string of the molecule is CC(C)C(CCNc1ccnc(N(C)C)n1)CCC(=O)O. The number of aromatic nitrogens is 2. The number of carbonyl (C=O) groups is 1. The van der Waals surface area contributed by atoms with E-state index in [1.807, 2.05) is 25.1 Å². The normalized spacial score (nSPS) is 12.2. The summed E-state index contributed by atoms with van der Waals surface area (Å²) in [6.45, 7) is 5.06. The first kappa shape index (κ1) is 17.2. The number of hydrogen-bond donors (Lipinski definition) is 2. The van der Waals surface area contributed by atoms with Crippen molar-refractivity contribution in [1.82, 2.24) is 9.97 Å². The number of carboxylic acid groups (broad SMARTS) is 1. The van der Waals surface area contributed by atoms with Gasteiger partial charge in [-0.25, -0.2) is 4.98 Å². The highest BCUT2D eigenvalue weighted by atomic mass is 16.4. The molecule has 0 saturated heterocycles. The molecule has 2 N–H and O–H groups in total. The van der Waals surface area contributed by atoms with Crippen LogP contribution in [0.15, 0.2) is 12.3 Å². The van der Waals surface area contributed by atoms with Crippen LogP contribution in [0.5, 0.6) is 0 Å². The molecule has 0 bridgehead atoms. The van der Waals surface area contributed by atoms with Crippen LogP contribution >= 0.6 is 0 Å². The predicted octanol–water partition coefficient (Wildman–Crippen LogP) is 2.48. The molecule has 1 atom stereocenters. The number of nitrogens with one attached hydrogen (secondary N) is 1. The molecule has 0 saturated carbocycles. The second-order valence-electron chi connectivity index (χ2n) is 5.79. The first-order valence-corrected chi connectivity index (χ1v) is 7.36. The molecule has 1 aromatic rings. The van der Waals surface area contributed by atoms with Crippen molar-refractivity contribution in [1.29, 1.82) is 0 Å². The molecule has 0 aliphatic rings. The zero-order chi connectivity index (χ0) is 15.8. The Labute approximate surface area is 126 Å². The molecular formula is C15H26N4O2. The van der Waals surface area contributed by atoms with Gasteiger partial charge in [0.1, 0.15) is 5.82 Å². The zero-order valence-corrected chi connectivity index (χ0v) is 13.3. The van der Waals surface area contributed by atoms with Crippen LogP contribution in [0.4, 0.5) is 11.8 Å². The molecule has 0 aliphatic carbocycles. The summed E-state index contributed by atoms with van der Waals surface area (Å²) >= 11 is 0. The molecule has 1 unspecified atom stereocenters. The molecular weight excluding hydrogens is 268 g/mol. The van der Waals surface area contributed by atoms with Gasteiger partial charge in [-0.1, -0.05) is 13.8 Å². The van der Waals surface area contributed by atoms with Gasteiger partial charge in [-0.15, -0.1) is 0 Å². The lowest BCUT2D eigenvalue weighted by Gasteiger charge is -2.20. The van der Waals surface area contributed by atoms with E-state index in [0.717, 1.165) is 25.2 Å². The first-order valence-electron chi connectivity index (χ1n) is 7.36. The van der Waals surface area contributed by atoms with Crippen LogP contribution in [-0.4, -0.2) is 41.7 Å². The Kier molecular flexibility index (Phi) is 6.91. The van der Waals surface area contributed by atoms with Crippen LogP contribution in [-0.2, 0) is 4.79 Å². The van der Waals surface area contributed by atoms with Crippen LogP contribution in [0.2, 0.25) is 0 Å². The summed E-state index contributed by atoms with van der Waals surface area (Å²) < 4.78 is 0. The minimum absolute atomic E-state index is 0.237. The van der Waals surface area contributed by atoms with E-state index < -0.39 is 5.97 Å². The van der Waals surface area contributed by atoms with Crippen molar-refractivity contribution in [3.63, 3.8) is 0 Å². The molecule has 21 heavy (non-hydrogen) atoms. The lowest BCUT2D eigenvalue weighted by atomic mass is 9.88. The van der Waals surface area contributed by atoms with Crippen LogP contribution < -0.4 is 10.2 Å². The van der Waals surface area contributed by atoms with Crippen molar-refractivity contribution in [2.24, 2.45) is 11.8 Å². The first-order chi connectivity index (χ1) is 9.90. The minimum atomic E-state index is -0.722. The molecule has 1 rings (SSSR count). The number of aliphatic carboxylic acids is 1. The van der Waals surface area contributed by atoms with Gasteiger partial charge < -0.3 is 15.3 Å². The van der Waals surface area contributed by atoms with Crippen LogP contribution in [0.25, 0.3) is 0 Å². The highest BCUT2D eigenvalue weighted by molar-refractivity contribution is 5.66. The van der Waals surface area contributed by atoms with Gasteiger partial charge in [0.15, 0.2) is 0 Å². The highest BCUT2D eigenvalue weighted by Crippen LogP contribution is 2.21. The van der Waals surface area contributed by atoms with Gasteiger partial charge in [-0.3, -0.25) is 4.79 Å². The van der Waals surface area contributed by atoms with E-state index in [2.05, 4.69) is 29.1 Å². The Morgan fingerprint density at radius 3 is 2.67 bits per heavy atom. The third-order valence-corrected chi connectivity index (χ3v) is 3.54. The second-order valence-corrected chi connectivity index (χ2v) is 5.79. The van der Waals surface area contributed by atoms with Gasteiger partial charge >= 0.3 is 5.97 Å². The maximum atomic E-state index is 10.7. The number of hydrogen-bond acceptors (Lipinski definition) is 5. The second kappa shape index (κ2) is 8.44. The molecule has 1 heterocycles. The number of anilines is 2. The van der Waals surface area contributed by atoms with Crippen molar-refractivity contribution in [2.75, 3.05) is 30.9 Å². The Hall–Kier alpha value is -1.85. The van der Waals surface area contributed by atoms with Crippen LogP contribution in [0.1, 0.15) is 33.1 Å². The molecule has 6 heteroatoms. The molecule has 0 aromatic carbocycles. The third-order valence-electron chi connectivity index (χ3n) is 3.54. The minimum Gasteiger partial charge on any atom is -0.481 e. The summed E-state index contributed by atoms with van der Waals surface area (Å²) in [5, 5.41) is 12.1. The van der Waals surface area contributed by atoms with E-state index in [9.17, 15) is 4.79 Å². The molecule has 1 aromatic heterocycles. The van der Waals surface area contributed by atoms with Gasteiger partial charge in [0.25, 0.3) is 0 Å². The third kappa shape index (κ3) is 6.42. The lowest BCUT2D eigenvalue weighted by Crippen LogP contribution is -2.17. The summed E-state index contributed by atoms with van der Waals surface area (Å²) in [6.07, 6.45) is 3.63. The standard InChI is InChI=1S/C15H26N4O2/c1-11(2)12(5-6-14(20)21)7-9-16-13-8-10-17-15(18-13)19(3)4/h8,10-12H,5-7,9H2,1-4H3,(H,20,21)(H,16,17,18). The number of rotatable bonds is 9. The van der Waals surface area contributed by atoms with E-state index in [4.69, 9.17) is 5.11 Å². The Morgan fingerprint density at radius 2 is 2.10 bits per heavy atom. The highest BCUT2D eigenvalue weighted by Gasteiger charge is 2.14. The van der Waals surface area contributed by atoms with E-state index in [-0.39, 0.29) is 6.42 Å². The van der Waals surface area contributed by atoms with Gasteiger partial charge in [-0.05, 0) is 30.7 Å². The maximum absolute atomic E-state index is 10.7. The Bertz CT molecular complexity index is 449. The van der Waals surface area contributed by atoms with Crippen molar-refractivity contribution in [2.45, 2.75) is 33.1 Å². The molecule has 0 aliphatic heterocycles. The molecule has 0 spiro atoms. The molecule has 0 fully saturated rings. The Morgan fingerprint density at radius 1 is 1.38 bits per heavy atom. The molecule has 0 radical (unpaired) electrons. The lowest BCUT2D eigenvalue weighted by molar-refractivity contribution is -0.137. The summed E-state index contributed by atoms with van der Waals surface area (Å²) in [5.41, 5.74) is 0. The fourth-order valence-corrected chi connectivity index (χ4v) is 2.17. The summed E-state index contributed by atoms with van der Waals surface area (Å²) in [7, 11) is 3.81. The monoisotopic (exact) mass is 294 g/mol. The van der Waals surface area contributed by atoms with E-state index in [1.54, 1.807) is 6.20 Å². The smallest absolute Gasteiger partial charge is 0.303 e. The van der Waals surface area contributed by atoms with Crippen LogP contribution in [0.3, 0.4) is 0 Å². The summed E-state index contributed by atoms with van der Waals surface area (Å²) in [6, 6.07) is 1.84. The van der Waals surface area contributed by atoms with Crippen molar-refractivity contribution in [3.8, 4) is 0 Å². The zero-order valence-electron chi connectivity index (χ0n) is 13.3. The van der Waals surface area contributed by atoms with Crippen molar-refractivity contribution < 1.29 is 9.90 Å². The number of nitrogens with zero attached hydrogens (tertiary/aromatic N) is 3. The van der Waals surface area contributed by atoms with E-state index >= 15 is 0 Å². The maximum Gasteiger partial charge on any atom is 0.303 e. The molecule has 118 valence electrons. The van der Waals surface area contributed by atoms with Gasteiger partial charge in [0.2, 0.25) is 5.95 Å². The van der Waals surface area contributed by atoms with Gasteiger partial charge in [0, 0.05) is 33.3 Å².